The van der Waals surface area contributed by atoms with Crippen LogP contribution in [0.5, 0.6) is 5.75 Å². The van der Waals surface area contributed by atoms with Gasteiger partial charge >= 0.3 is 0 Å². The van der Waals surface area contributed by atoms with E-state index in [1.54, 1.807) is 18.2 Å². The van der Waals surface area contributed by atoms with E-state index in [-0.39, 0.29) is 24.5 Å². The second kappa shape index (κ2) is 8.67. The van der Waals surface area contributed by atoms with Crippen LogP contribution in [0.25, 0.3) is 26.4 Å². The summed E-state index contributed by atoms with van der Waals surface area (Å²) in [5.74, 6) is -1.62. The lowest BCUT2D eigenvalue weighted by Crippen LogP contribution is -2.29. The van der Waals surface area contributed by atoms with Crippen LogP contribution in [-0.2, 0) is 0 Å². The van der Waals surface area contributed by atoms with E-state index in [1.807, 2.05) is 0 Å². The summed E-state index contributed by atoms with van der Waals surface area (Å²) in [6.45, 7) is 7.02. The first kappa shape index (κ1) is 21.9. The summed E-state index contributed by atoms with van der Waals surface area (Å²) in [5, 5.41) is 19.6. The van der Waals surface area contributed by atoms with Crippen molar-refractivity contribution >= 4 is 22.9 Å². The summed E-state index contributed by atoms with van der Waals surface area (Å²) in [4.78, 5) is 18.3. The van der Waals surface area contributed by atoms with Crippen molar-refractivity contribution in [3.05, 3.63) is 70.4 Å². The smallest absolute Gasteiger partial charge is 0.264 e. The first-order valence-electron chi connectivity index (χ1n) is 9.63. The van der Waals surface area contributed by atoms with Gasteiger partial charge in [0, 0.05) is 23.5 Å². The number of hydrogen-bond acceptors (Lipinski definition) is 5. The number of ether oxygens (including phenoxy) is 1. The van der Waals surface area contributed by atoms with E-state index < -0.39 is 29.7 Å². The summed E-state index contributed by atoms with van der Waals surface area (Å²) in [6, 6.07) is 10.1. The molecule has 32 heavy (non-hydrogen) atoms. The molecule has 1 aromatic heterocycles. The molecule has 0 saturated carbocycles. The summed E-state index contributed by atoms with van der Waals surface area (Å²) in [5.41, 5.74) is 1.27. The molecule has 0 bridgehead atoms. The standard InChI is InChI=1S/C23H18F2N2O4S/c1-26-17-5-3-12(7-15(17)24)14-9-21(23(30)27-10-18(28)19(29)11-27)32-22(14)13-4-6-20(31-2)16(25)8-13/h3-9,18-19,28-29H,10-11H2,2H3/t18-,19-/m0/s1. The van der Waals surface area contributed by atoms with Crippen molar-refractivity contribution in [3.8, 4) is 27.3 Å². The zero-order valence-electron chi connectivity index (χ0n) is 16.9. The summed E-state index contributed by atoms with van der Waals surface area (Å²) in [7, 11) is 1.35. The SMILES string of the molecule is [C-]#[N+]c1ccc(-c2cc(C(=O)N3C[C@H](O)[C@@H](O)C3)sc2-c2ccc(OC)c(F)c2)cc1F. The van der Waals surface area contributed by atoms with E-state index in [9.17, 15) is 23.8 Å². The van der Waals surface area contributed by atoms with Crippen molar-refractivity contribution in [2.75, 3.05) is 20.2 Å². The third kappa shape index (κ3) is 3.96. The maximum absolute atomic E-state index is 14.4. The number of hydrogen-bond donors (Lipinski definition) is 2. The van der Waals surface area contributed by atoms with Gasteiger partial charge in [-0.2, -0.15) is 0 Å². The summed E-state index contributed by atoms with van der Waals surface area (Å²) < 4.78 is 33.7. The van der Waals surface area contributed by atoms with E-state index in [0.717, 1.165) is 11.3 Å². The van der Waals surface area contributed by atoms with Crippen molar-refractivity contribution in [2.24, 2.45) is 0 Å². The van der Waals surface area contributed by atoms with Gasteiger partial charge in [-0.05, 0) is 41.5 Å². The minimum atomic E-state index is -1.02. The van der Waals surface area contributed by atoms with E-state index in [4.69, 9.17) is 11.3 Å². The van der Waals surface area contributed by atoms with Crippen molar-refractivity contribution in [2.45, 2.75) is 12.2 Å². The molecule has 3 aromatic rings. The van der Waals surface area contributed by atoms with Crippen LogP contribution in [0.3, 0.4) is 0 Å². The number of nitrogens with zero attached hydrogens (tertiary/aromatic N) is 2. The molecule has 4 rings (SSSR count). The first-order chi connectivity index (χ1) is 15.3. The van der Waals surface area contributed by atoms with E-state index in [1.165, 1.54) is 36.3 Å². The normalized spacial score (nSPS) is 17.9. The minimum absolute atomic E-state index is 0.00589. The average Bonchev–Trinajstić information content (AvgIpc) is 3.37. The number of halogens is 2. The van der Waals surface area contributed by atoms with Gasteiger partial charge < -0.3 is 19.8 Å². The fourth-order valence-electron chi connectivity index (χ4n) is 3.59. The number of aliphatic hydroxyl groups is 2. The lowest BCUT2D eigenvalue weighted by Gasteiger charge is -2.13. The highest BCUT2D eigenvalue weighted by Gasteiger charge is 2.34. The van der Waals surface area contributed by atoms with Crippen molar-refractivity contribution in [1.82, 2.24) is 4.90 Å². The molecule has 0 spiro atoms. The van der Waals surface area contributed by atoms with Crippen LogP contribution in [0.1, 0.15) is 9.67 Å². The van der Waals surface area contributed by atoms with Gasteiger partial charge in [0.15, 0.2) is 11.6 Å². The Kier molecular flexibility index (Phi) is 5.93. The van der Waals surface area contributed by atoms with E-state index in [0.29, 0.717) is 26.4 Å². The third-order valence-corrected chi connectivity index (χ3v) is 6.45. The van der Waals surface area contributed by atoms with Crippen LogP contribution in [-0.4, -0.2) is 53.4 Å². The Bertz CT molecular complexity index is 1230. The Hall–Kier alpha value is -3.32. The number of amides is 1. The summed E-state index contributed by atoms with van der Waals surface area (Å²) >= 11 is 1.10. The second-order valence-corrected chi connectivity index (χ2v) is 8.38. The second-order valence-electron chi connectivity index (χ2n) is 7.33. The number of likely N-dealkylation sites (tertiary alicyclic amines) is 1. The zero-order chi connectivity index (χ0) is 23.0. The Labute approximate surface area is 186 Å². The first-order valence-corrected chi connectivity index (χ1v) is 10.4. The molecule has 0 unspecified atom stereocenters. The van der Waals surface area contributed by atoms with Crippen molar-refractivity contribution in [3.63, 3.8) is 0 Å². The molecule has 1 saturated heterocycles. The highest BCUT2D eigenvalue weighted by atomic mass is 32.1. The van der Waals surface area contributed by atoms with Crippen molar-refractivity contribution < 1.29 is 28.5 Å². The van der Waals surface area contributed by atoms with Crippen LogP contribution < -0.4 is 4.74 Å². The molecule has 9 heteroatoms. The number of carbonyl (C=O) groups is 1. The minimum Gasteiger partial charge on any atom is -0.494 e. The predicted octanol–water partition coefficient (Wildman–Crippen LogP) is 4.10. The fraction of sp³-hybridized carbons (Fsp3) is 0.217. The molecule has 164 valence electrons. The molecule has 2 heterocycles. The largest absolute Gasteiger partial charge is 0.494 e. The number of benzene rings is 2. The number of β-amino-alcohol motifs (C(OH)–C–C–N with tert-alkyl or cyclic N) is 2. The van der Waals surface area contributed by atoms with Gasteiger partial charge in [-0.15, -0.1) is 11.3 Å². The molecule has 6 nitrogen and oxygen atoms in total. The molecule has 2 atom stereocenters. The maximum Gasteiger partial charge on any atom is 0.264 e. The van der Waals surface area contributed by atoms with Crippen LogP contribution in [0.4, 0.5) is 14.5 Å². The molecule has 1 aliphatic rings. The van der Waals surface area contributed by atoms with Gasteiger partial charge in [0.25, 0.3) is 5.91 Å². The van der Waals surface area contributed by atoms with Gasteiger partial charge in [0.1, 0.15) is 5.82 Å². The van der Waals surface area contributed by atoms with Gasteiger partial charge in [0.05, 0.1) is 30.8 Å². The molecule has 1 amide bonds. The molecular weight excluding hydrogens is 438 g/mol. The molecule has 0 aliphatic carbocycles. The van der Waals surface area contributed by atoms with Gasteiger partial charge in [0.2, 0.25) is 5.69 Å². The topological polar surface area (TPSA) is 74.4 Å². The highest BCUT2D eigenvalue weighted by Crippen LogP contribution is 2.42. The van der Waals surface area contributed by atoms with Gasteiger partial charge in [-0.3, -0.25) is 4.79 Å². The lowest BCUT2D eigenvalue weighted by molar-refractivity contribution is 0.0572. The quantitative estimate of drug-likeness (QED) is 0.580. The number of thiophene rings is 1. The van der Waals surface area contributed by atoms with Gasteiger partial charge in [-0.25, -0.2) is 13.6 Å². The van der Waals surface area contributed by atoms with Crippen LogP contribution in [0, 0.1) is 18.2 Å². The predicted molar refractivity (Wildman–Crippen MR) is 116 cm³/mol. The zero-order valence-corrected chi connectivity index (χ0v) is 17.7. The number of rotatable bonds is 4. The highest BCUT2D eigenvalue weighted by molar-refractivity contribution is 7.18. The molecule has 1 aliphatic heterocycles. The van der Waals surface area contributed by atoms with Crippen LogP contribution in [0.2, 0.25) is 0 Å². The monoisotopic (exact) mass is 456 g/mol. The average molecular weight is 456 g/mol. The lowest BCUT2D eigenvalue weighted by atomic mass is 10.0. The van der Waals surface area contributed by atoms with Gasteiger partial charge in [-0.1, -0.05) is 12.1 Å². The molecule has 0 radical (unpaired) electrons. The molecule has 1 fully saturated rings. The van der Waals surface area contributed by atoms with Crippen molar-refractivity contribution in [1.29, 1.82) is 0 Å². The van der Waals surface area contributed by atoms with E-state index in [2.05, 4.69) is 4.85 Å². The molecular formula is C23H18F2N2O4S. The van der Waals surface area contributed by atoms with Crippen LogP contribution >= 0.6 is 11.3 Å². The fourth-order valence-corrected chi connectivity index (χ4v) is 4.73. The number of aliphatic hydroxyl groups excluding tert-OH is 2. The maximum atomic E-state index is 14.4. The third-order valence-electron chi connectivity index (χ3n) is 5.28. The number of methoxy groups -OCH3 is 1. The Morgan fingerprint density at radius 3 is 2.34 bits per heavy atom. The van der Waals surface area contributed by atoms with Crippen LogP contribution in [0.15, 0.2) is 42.5 Å². The number of carbonyl (C=O) groups excluding carboxylic acids is 1. The Morgan fingerprint density at radius 2 is 1.75 bits per heavy atom. The molecule has 2 N–H and O–H groups in total. The summed E-state index contributed by atoms with van der Waals surface area (Å²) in [6.07, 6.45) is -2.05. The van der Waals surface area contributed by atoms with E-state index >= 15 is 0 Å². The Balaban J connectivity index is 1.82. The molecule has 2 aromatic carbocycles. The Morgan fingerprint density at radius 1 is 1.09 bits per heavy atom.